The molecule has 0 N–H and O–H groups in total. The highest BCUT2D eigenvalue weighted by atomic mass is 35.5. The first-order valence-electron chi connectivity index (χ1n) is 10.4. The number of rotatable bonds is 8. The predicted octanol–water partition coefficient (Wildman–Crippen LogP) is 5.09. The number of para-hydroxylation sites is 1. The van der Waals surface area contributed by atoms with Gasteiger partial charge in [0.2, 0.25) is 5.91 Å². The van der Waals surface area contributed by atoms with Gasteiger partial charge in [-0.3, -0.25) is 4.79 Å². The molecular weight excluding hydrogens is 362 g/mol. The summed E-state index contributed by atoms with van der Waals surface area (Å²) < 4.78 is 11.9. The maximum absolute atomic E-state index is 13.4. The van der Waals surface area contributed by atoms with Gasteiger partial charge in [-0.25, -0.2) is 0 Å². The highest BCUT2D eigenvalue weighted by Crippen LogP contribution is 2.32. The van der Waals surface area contributed by atoms with Gasteiger partial charge in [-0.05, 0) is 50.2 Å². The highest BCUT2D eigenvalue weighted by Gasteiger charge is 2.35. The third-order valence-electron chi connectivity index (χ3n) is 5.16. The molecule has 0 aromatic heterocycles. The molecule has 2 rings (SSSR count). The summed E-state index contributed by atoms with van der Waals surface area (Å²) in [5, 5.41) is -0.544. The Labute approximate surface area is 169 Å². The van der Waals surface area contributed by atoms with Crippen LogP contribution in [0.3, 0.4) is 0 Å². The van der Waals surface area contributed by atoms with E-state index in [-0.39, 0.29) is 11.9 Å². The normalized spacial score (nSPS) is 18.0. The van der Waals surface area contributed by atoms with E-state index in [1.54, 1.807) is 0 Å². The molecule has 1 aromatic rings. The number of hydrogen-bond acceptors (Lipinski definition) is 3. The van der Waals surface area contributed by atoms with Crippen LogP contribution in [0.1, 0.15) is 64.5 Å². The molecule has 0 bridgehead atoms. The topological polar surface area (TPSA) is 38.8 Å². The minimum atomic E-state index is -0.544. The Bertz CT molecular complexity index is 577. The zero-order chi connectivity index (χ0) is 19.8. The van der Waals surface area contributed by atoms with Gasteiger partial charge in [-0.15, -0.1) is 11.6 Å². The monoisotopic (exact) mass is 395 g/mol. The third kappa shape index (κ3) is 5.46. The lowest BCUT2D eigenvalue weighted by molar-refractivity contribution is -0.142. The first kappa shape index (κ1) is 22.2. The van der Waals surface area contributed by atoms with Crippen LogP contribution in [-0.4, -0.2) is 36.8 Å². The fraction of sp³-hybridized carbons (Fsp3) is 0.682. The van der Waals surface area contributed by atoms with Crippen molar-refractivity contribution < 1.29 is 14.3 Å². The smallest absolute Gasteiger partial charge is 0.245 e. The van der Waals surface area contributed by atoms with Gasteiger partial charge in [0.1, 0.15) is 5.38 Å². The van der Waals surface area contributed by atoms with Gasteiger partial charge < -0.3 is 14.4 Å². The molecule has 0 saturated carbocycles. The van der Waals surface area contributed by atoms with Crippen LogP contribution in [0.15, 0.2) is 18.2 Å². The molecule has 2 atom stereocenters. The lowest BCUT2D eigenvalue weighted by atomic mass is 9.99. The Morgan fingerprint density at radius 2 is 1.70 bits per heavy atom. The molecule has 1 aliphatic rings. The molecule has 0 spiro atoms. The number of alkyl halides is 1. The number of ether oxygens (including phenoxy) is 2. The van der Waals surface area contributed by atoms with Crippen molar-refractivity contribution in [2.45, 2.75) is 83.9 Å². The minimum Gasteiger partial charge on any atom is -0.350 e. The average molecular weight is 396 g/mol. The molecule has 1 aromatic carbocycles. The summed E-state index contributed by atoms with van der Waals surface area (Å²) in [7, 11) is 0. The Hall–Kier alpha value is -1.10. The number of anilines is 1. The van der Waals surface area contributed by atoms with Gasteiger partial charge in [0.05, 0.1) is 11.7 Å². The van der Waals surface area contributed by atoms with Crippen LogP contribution in [0.4, 0.5) is 5.69 Å². The van der Waals surface area contributed by atoms with Crippen molar-refractivity contribution in [3.05, 3.63) is 29.3 Å². The fourth-order valence-electron chi connectivity index (χ4n) is 3.62. The molecule has 2 unspecified atom stereocenters. The molecule has 27 heavy (non-hydrogen) atoms. The fourth-order valence-corrected chi connectivity index (χ4v) is 3.94. The van der Waals surface area contributed by atoms with E-state index in [9.17, 15) is 4.79 Å². The summed E-state index contributed by atoms with van der Waals surface area (Å²) in [6.07, 6.45) is 4.77. The maximum Gasteiger partial charge on any atom is 0.245 e. The van der Waals surface area contributed by atoms with E-state index >= 15 is 0 Å². The summed E-state index contributed by atoms with van der Waals surface area (Å²) in [6.45, 7) is 9.61. The summed E-state index contributed by atoms with van der Waals surface area (Å²) in [5.74, 6) is -0.0573. The number of aryl methyl sites for hydroxylation is 2. The van der Waals surface area contributed by atoms with Gasteiger partial charge in [-0.2, -0.15) is 0 Å². The number of hydrogen-bond donors (Lipinski definition) is 0. The van der Waals surface area contributed by atoms with Crippen LogP contribution in [-0.2, 0) is 27.1 Å². The molecule has 1 aliphatic heterocycles. The molecular formula is C22H34ClNO3. The van der Waals surface area contributed by atoms with Gasteiger partial charge in [0, 0.05) is 13.2 Å². The van der Waals surface area contributed by atoms with Crippen molar-refractivity contribution in [3.63, 3.8) is 0 Å². The molecule has 4 nitrogen and oxygen atoms in total. The summed E-state index contributed by atoms with van der Waals surface area (Å²) in [5.41, 5.74) is 3.30. The van der Waals surface area contributed by atoms with Crippen molar-refractivity contribution in [2.24, 2.45) is 0 Å². The largest absolute Gasteiger partial charge is 0.350 e. The van der Waals surface area contributed by atoms with Crippen LogP contribution in [0, 0.1) is 0 Å². The van der Waals surface area contributed by atoms with Crippen LogP contribution >= 0.6 is 11.6 Å². The maximum atomic E-state index is 13.4. The molecule has 152 valence electrons. The number of halogens is 1. The SMILES string of the molecule is CCCC(Cl)C(=O)N(c1c(CC)cccc1CC)C(C)C1OCCCCO1. The van der Waals surface area contributed by atoms with Crippen LogP contribution in [0.25, 0.3) is 0 Å². The zero-order valence-electron chi connectivity index (χ0n) is 17.2. The summed E-state index contributed by atoms with van der Waals surface area (Å²) >= 11 is 6.51. The molecule has 1 saturated heterocycles. The standard InChI is InChI=1S/C22H34ClNO3/c1-5-11-19(23)21(25)24(16(4)22-26-14-8-9-15-27-22)20-17(6-2)12-10-13-18(20)7-3/h10,12-13,16,19,22H,5-9,11,14-15H2,1-4H3. The van der Waals surface area contributed by atoms with Crippen molar-refractivity contribution in [1.29, 1.82) is 0 Å². The Kier molecular flexibility index (Phi) is 9.07. The number of amides is 1. The van der Waals surface area contributed by atoms with E-state index in [2.05, 4.69) is 32.0 Å². The molecule has 1 heterocycles. The van der Waals surface area contributed by atoms with E-state index in [4.69, 9.17) is 21.1 Å². The van der Waals surface area contributed by atoms with E-state index in [0.29, 0.717) is 19.6 Å². The minimum absolute atomic E-state index is 0.0573. The van der Waals surface area contributed by atoms with Crippen molar-refractivity contribution in [2.75, 3.05) is 18.1 Å². The second kappa shape index (κ2) is 11.0. The molecule has 1 fully saturated rings. The average Bonchev–Trinajstić information content (AvgIpc) is 2.97. The molecule has 1 amide bonds. The van der Waals surface area contributed by atoms with Gasteiger partial charge >= 0.3 is 0 Å². The lowest BCUT2D eigenvalue weighted by Crippen LogP contribution is -2.50. The predicted molar refractivity (Wildman–Crippen MR) is 112 cm³/mol. The first-order chi connectivity index (χ1) is 13.0. The summed E-state index contributed by atoms with van der Waals surface area (Å²) in [4.78, 5) is 15.3. The van der Waals surface area contributed by atoms with Gasteiger partial charge in [0.15, 0.2) is 6.29 Å². The number of carbonyl (C=O) groups excluding carboxylic acids is 1. The van der Waals surface area contributed by atoms with E-state index in [0.717, 1.165) is 48.9 Å². The number of nitrogens with zero attached hydrogens (tertiary/aromatic N) is 1. The van der Waals surface area contributed by atoms with Crippen LogP contribution in [0.2, 0.25) is 0 Å². The van der Waals surface area contributed by atoms with Gasteiger partial charge in [0.25, 0.3) is 0 Å². The Morgan fingerprint density at radius 1 is 1.15 bits per heavy atom. The van der Waals surface area contributed by atoms with Crippen LogP contribution < -0.4 is 4.90 Å². The summed E-state index contributed by atoms with van der Waals surface area (Å²) in [6, 6.07) is 6.02. The Morgan fingerprint density at radius 3 is 2.19 bits per heavy atom. The molecule has 0 radical (unpaired) electrons. The lowest BCUT2D eigenvalue weighted by Gasteiger charge is -2.37. The quantitative estimate of drug-likeness (QED) is 0.575. The number of carbonyl (C=O) groups is 1. The highest BCUT2D eigenvalue weighted by molar-refractivity contribution is 6.33. The van der Waals surface area contributed by atoms with Crippen molar-refractivity contribution >= 4 is 23.2 Å². The van der Waals surface area contributed by atoms with Crippen molar-refractivity contribution in [1.82, 2.24) is 0 Å². The van der Waals surface area contributed by atoms with E-state index < -0.39 is 11.7 Å². The van der Waals surface area contributed by atoms with E-state index in [1.807, 2.05) is 18.7 Å². The molecule has 0 aliphatic carbocycles. The van der Waals surface area contributed by atoms with Crippen LogP contribution in [0.5, 0.6) is 0 Å². The Balaban J connectivity index is 2.48. The second-order valence-corrected chi connectivity index (χ2v) is 7.68. The first-order valence-corrected chi connectivity index (χ1v) is 10.8. The molecule has 5 heteroatoms. The van der Waals surface area contributed by atoms with Crippen molar-refractivity contribution in [3.8, 4) is 0 Å². The number of benzene rings is 1. The van der Waals surface area contributed by atoms with E-state index in [1.165, 1.54) is 0 Å². The van der Waals surface area contributed by atoms with Gasteiger partial charge in [-0.1, -0.05) is 45.4 Å². The zero-order valence-corrected chi connectivity index (χ0v) is 17.9. The second-order valence-electron chi connectivity index (χ2n) is 7.15. The third-order valence-corrected chi connectivity index (χ3v) is 5.56.